The molecule has 0 radical (unpaired) electrons. The molecule has 0 atom stereocenters. The van der Waals surface area contributed by atoms with Crippen molar-refractivity contribution in [2.24, 2.45) is 0 Å². The number of aromatic nitrogens is 2. The quantitative estimate of drug-likeness (QED) is 0.171. The van der Waals surface area contributed by atoms with Crippen LogP contribution >= 0.6 is 0 Å². The van der Waals surface area contributed by atoms with E-state index in [4.69, 9.17) is 11.3 Å². The lowest BCUT2D eigenvalue weighted by molar-refractivity contribution is 0.668. The summed E-state index contributed by atoms with van der Waals surface area (Å²) in [6.45, 7) is 0. The lowest BCUT2D eigenvalue weighted by atomic mass is 9.98. The van der Waals surface area contributed by atoms with E-state index in [0.29, 0.717) is 22.1 Å². The minimum absolute atomic E-state index is 0.157. The van der Waals surface area contributed by atoms with Crippen molar-refractivity contribution in [2.45, 2.75) is 0 Å². The monoisotopic (exact) mass is 781 g/mol. The molecule has 0 spiro atoms. The third-order valence-electron chi connectivity index (χ3n) is 12.4. The first-order chi connectivity index (χ1) is 32.3. The Hall–Kier alpha value is -8.14. The second kappa shape index (κ2) is 13.2. The van der Waals surface area contributed by atoms with Gasteiger partial charge in [0.25, 0.3) is 0 Å². The van der Waals surface area contributed by atoms with Gasteiger partial charge in [0, 0.05) is 49.8 Å². The Morgan fingerprint density at radius 3 is 1.62 bits per heavy atom. The Morgan fingerprint density at radius 1 is 0.344 bits per heavy atom. The van der Waals surface area contributed by atoms with Crippen LogP contribution in [0.2, 0.25) is 0 Å². The summed E-state index contributed by atoms with van der Waals surface area (Å²) in [6, 6.07) is 64.5. The Balaban J connectivity index is 0.911. The summed E-state index contributed by atoms with van der Waals surface area (Å²) >= 11 is 0. The van der Waals surface area contributed by atoms with Crippen LogP contribution in [0, 0.1) is 0 Å². The Morgan fingerprint density at radius 2 is 0.902 bits per heavy atom. The van der Waals surface area contributed by atoms with Gasteiger partial charge in [-0.2, -0.15) is 0 Å². The van der Waals surface area contributed by atoms with Gasteiger partial charge in [-0.3, -0.25) is 0 Å². The third-order valence-corrected chi connectivity index (χ3v) is 12.4. The number of hydrogen-bond donors (Lipinski definition) is 0. The first-order valence-corrected chi connectivity index (χ1v) is 20.5. The molecule has 3 heterocycles. The highest BCUT2D eigenvalue weighted by molar-refractivity contribution is 6.15. The molecule has 13 rings (SSSR count). The summed E-state index contributed by atoms with van der Waals surface area (Å²) in [5.41, 5.74) is 13.0. The van der Waals surface area contributed by atoms with Crippen molar-refractivity contribution in [3.8, 4) is 44.8 Å². The molecule has 13 aromatic rings. The summed E-state index contributed by atoms with van der Waals surface area (Å²) < 4.78 is 53.3. The first-order valence-electron chi connectivity index (χ1n) is 23.0. The number of rotatable bonds is 5. The average Bonchev–Trinajstić information content (AvgIpc) is 4.02. The number of nitrogens with zero attached hydrogens (tertiary/aromatic N) is 2. The van der Waals surface area contributed by atoms with E-state index in [0.717, 1.165) is 60.7 Å². The molecule has 0 amide bonds. The van der Waals surface area contributed by atoms with Gasteiger partial charge in [0.1, 0.15) is 11.2 Å². The van der Waals surface area contributed by atoms with Crippen molar-refractivity contribution >= 4 is 76.3 Å². The van der Waals surface area contributed by atoms with Crippen LogP contribution in [0.4, 0.5) is 0 Å². The van der Waals surface area contributed by atoms with Crippen LogP contribution in [-0.2, 0) is 0 Å². The van der Waals surface area contributed by atoms with E-state index in [-0.39, 0.29) is 29.7 Å². The maximum absolute atomic E-state index is 8.70. The van der Waals surface area contributed by atoms with E-state index in [2.05, 4.69) is 167 Å². The van der Waals surface area contributed by atoms with E-state index < -0.39 is 6.04 Å². The Labute approximate surface area is 358 Å². The number of hydrogen-bond acceptors (Lipinski definition) is 1. The van der Waals surface area contributed by atoms with E-state index in [1.54, 1.807) is 12.1 Å². The Kier molecular flexibility index (Phi) is 6.30. The van der Waals surface area contributed by atoms with Crippen molar-refractivity contribution in [1.82, 2.24) is 9.13 Å². The molecule has 3 heteroatoms. The molecule has 0 bridgehead atoms. The van der Waals surface area contributed by atoms with Crippen LogP contribution in [0.3, 0.4) is 0 Å². The van der Waals surface area contributed by atoms with Crippen LogP contribution in [0.1, 0.15) is 6.85 Å². The van der Waals surface area contributed by atoms with Crippen molar-refractivity contribution in [3.05, 3.63) is 218 Å². The SMILES string of the molecule is [2H]c1c([2H])c([2H])c(-c2cccc3oc4cc(-n5c6ccccc6c6cc(-c7ccc8c(c7)c7ccccc7n8-c7ccc(-c8cccc9ccccc89)cc7)ccc65)ccc4c23)c([2H])c1[2H]. The normalized spacial score (nSPS) is 13.1. The van der Waals surface area contributed by atoms with Crippen LogP contribution in [0.5, 0.6) is 0 Å². The van der Waals surface area contributed by atoms with Gasteiger partial charge in [0.05, 0.1) is 28.9 Å². The maximum Gasteiger partial charge on any atom is 0.137 e. The standard InChI is InChI=1S/C58H36N2O/c1-2-12-38(13-3-1)46-20-11-23-56-58(46)49-31-30-43(36-57(49)61-56)60-53-22-9-7-18-48(53)51-35-41(27-33-55(51)60)40-26-32-54-50(34-40)47-17-6-8-21-52(47)59(54)42-28-24-39(25-29-42)45-19-10-15-37-14-4-5-16-44(37)45/h1-36H/i1D,2D,3D,12D,13D. The average molecular weight is 782 g/mol. The van der Waals surface area contributed by atoms with Crippen LogP contribution < -0.4 is 0 Å². The van der Waals surface area contributed by atoms with Gasteiger partial charge in [-0.25, -0.2) is 0 Å². The molecule has 61 heavy (non-hydrogen) atoms. The zero-order valence-electron chi connectivity index (χ0n) is 37.7. The van der Waals surface area contributed by atoms with Crippen molar-refractivity contribution in [2.75, 3.05) is 0 Å². The first kappa shape index (κ1) is 29.1. The number of fused-ring (bicyclic) bond motifs is 10. The molecule has 0 aliphatic rings. The zero-order chi connectivity index (χ0) is 44.4. The molecule has 0 aliphatic carbocycles. The van der Waals surface area contributed by atoms with Gasteiger partial charge >= 0.3 is 0 Å². The Bertz CT molecular complexity index is 4150. The van der Waals surface area contributed by atoms with E-state index >= 15 is 0 Å². The van der Waals surface area contributed by atoms with Gasteiger partial charge in [0.15, 0.2) is 0 Å². The molecule has 284 valence electrons. The predicted octanol–water partition coefficient (Wildman–Crippen LogP) is 15.9. The fraction of sp³-hybridized carbons (Fsp3) is 0. The van der Waals surface area contributed by atoms with Crippen LogP contribution in [0.25, 0.3) is 121 Å². The smallest absolute Gasteiger partial charge is 0.137 e. The van der Waals surface area contributed by atoms with E-state index in [1.165, 1.54) is 32.7 Å². The lowest BCUT2D eigenvalue weighted by Crippen LogP contribution is -1.94. The molecule has 0 unspecified atom stereocenters. The number of para-hydroxylation sites is 2. The van der Waals surface area contributed by atoms with E-state index in [1.807, 2.05) is 18.2 Å². The van der Waals surface area contributed by atoms with E-state index in [9.17, 15) is 0 Å². The number of furan rings is 1. The molecule has 0 saturated carbocycles. The largest absolute Gasteiger partial charge is 0.456 e. The van der Waals surface area contributed by atoms with Gasteiger partial charge in [-0.15, -0.1) is 0 Å². The van der Waals surface area contributed by atoms with Gasteiger partial charge in [-0.05, 0) is 111 Å². The summed E-state index contributed by atoms with van der Waals surface area (Å²) in [7, 11) is 0. The molecule has 10 aromatic carbocycles. The highest BCUT2D eigenvalue weighted by Gasteiger charge is 2.18. The molecule has 3 nitrogen and oxygen atoms in total. The summed E-state index contributed by atoms with van der Waals surface area (Å²) in [5, 5.41) is 8.64. The summed E-state index contributed by atoms with van der Waals surface area (Å²) in [5.74, 6) is 0. The molecule has 0 aliphatic heterocycles. The number of benzene rings is 10. The molecular weight excluding hydrogens is 741 g/mol. The van der Waals surface area contributed by atoms with Gasteiger partial charge in [-0.1, -0.05) is 145 Å². The summed E-state index contributed by atoms with van der Waals surface area (Å²) in [6.07, 6.45) is 0. The highest BCUT2D eigenvalue weighted by atomic mass is 16.3. The highest BCUT2D eigenvalue weighted by Crippen LogP contribution is 2.41. The minimum atomic E-state index is -0.415. The second-order valence-corrected chi connectivity index (χ2v) is 15.7. The fourth-order valence-electron chi connectivity index (χ4n) is 9.68. The molecule has 0 saturated heterocycles. The van der Waals surface area contributed by atoms with Gasteiger partial charge in [0.2, 0.25) is 0 Å². The van der Waals surface area contributed by atoms with Crippen LogP contribution in [0.15, 0.2) is 223 Å². The molecule has 0 N–H and O–H groups in total. The van der Waals surface area contributed by atoms with Crippen molar-refractivity contribution < 1.29 is 11.3 Å². The zero-order valence-corrected chi connectivity index (χ0v) is 32.7. The maximum atomic E-state index is 8.70. The third kappa shape index (κ3) is 5.17. The van der Waals surface area contributed by atoms with Crippen LogP contribution in [-0.4, -0.2) is 9.13 Å². The fourth-order valence-corrected chi connectivity index (χ4v) is 9.68. The summed E-state index contributed by atoms with van der Waals surface area (Å²) in [4.78, 5) is 0. The second-order valence-electron chi connectivity index (χ2n) is 15.7. The topological polar surface area (TPSA) is 23.0 Å². The van der Waals surface area contributed by atoms with Gasteiger partial charge < -0.3 is 13.6 Å². The predicted molar refractivity (Wildman–Crippen MR) is 256 cm³/mol. The van der Waals surface area contributed by atoms with Crippen molar-refractivity contribution in [3.63, 3.8) is 0 Å². The minimum Gasteiger partial charge on any atom is -0.456 e. The van der Waals surface area contributed by atoms with Crippen molar-refractivity contribution in [1.29, 1.82) is 0 Å². The molecular formula is C58H36N2O. The lowest BCUT2D eigenvalue weighted by Gasteiger charge is -2.11. The molecule has 0 fully saturated rings. The molecule has 3 aromatic heterocycles.